The Hall–Kier alpha value is -2.77. The zero-order valence-electron chi connectivity index (χ0n) is 11.6. The predicted octanol–water partition coefficient (Wildman–Crippen LogP) is 3.26. The van der Waals surface area contributed by atoms with Crippen LogP contribution in [0, 0.1) is 26.1 Å². The van der Waals surface area contributed by atoms with Crippen molar-refractivity contribution in [1.82, 2.24) is 0 Å². The normalized spacial score (nSPS) is 19.4. The van der Waals surface area contributed by atoms with Crippen LogP contribution in [0.25, 0.3) is 0 Å². The molecule has 0 bridgehead atoms. The molecule has 0 heterocycles. The van der Waals surface area contributed by atoms with E-state index in [4.69, 9.17) is 0 Å². The molecule has 0 saturated carbocycles. The summed E-state index contributed by atoms with van der Waals surface area (Å²) in [7, 11) is 0. The lowest BCUT2D eigenvalue weighted by molar-refractivity contribution is -0.393. The molecular weight excluding hydrogens is 276 g/mol. The Balaban J connectivity index is 2.32. The van der Waals surface area contributed by atoms with Crippen LogP contribution in [0.1, 0.15) is 20.3 Å². The van der Waals surface area contributed by atoms with Crippen LogP contribution >= 0.6 is 0 Å². The molecule has 8 nitrogen and oxygen atoms in total. The van der Waals surface area contributed by atoms with E-state index in [9.17, 15) is 20.2 Å². The number of rotatable bonds is 4. The van der Waals surface area contributed by atoms with E-state index in [1.54, 1.807) is 0 Å². The molecule has 0 unspecified atom stereocenters. The number of hydrogen-bond acceptors (Lipinski definition) is 6. The van der Waals surface area contributed by atoms with Gasteiger partial charge >= 0.3 is 5.69 Å². The number of hydrazone groups is 1. The third-order valence-electron chi connectivity index (χ3n) is 3.33. The average Bonchev–Trinajstić information content (AvgIpc) is 2.75. The quantitative estimate of drug-likeness (QED) is 0.675. The molecule has 2 rings (SSSR count). The van der Waals surface area contributed by atoms with Gasteiger partial charge in [0.25, 0.3) is 5.69 Å². The van der Waals surface area contributed by atoms with Gasteiger partial charge in [0, 0.05) is 12.0 Å². The molecule has 110 valence electrons. The average molecular weight is 290 g/mol. The van der Waals surface area contributed by atoms with E-state index in [1.807, 2.05) is 13.8 Å². The predicted molar refractivity (Wildman–Crippen MR) is 78.3 cm³/mol. The zero-order chi connectivity index (χ0) is 15.6. The largest absolute Gasteiger partial charge is 0.301 e. The minimum atomic E-state index is -0.672. The number of nitro benzene ring substituents is 2. The molecule has 1 aromatic rings. The minimum Gasteiger partial charge on any atom is -0.271 e. The zero-order valence-corrected chi connectivity index (χ0v) is 11.6. The van der Waals surface area contributed by atoms with E-state index in [2.05, 4.69) is 16.6 Å². The van der Waals surface area contributed by atoms with Gasteiger partial charge in [-0.3, -0.25) is 25.7 Å². The van der Waals surface area contributed by atoms with Crippen LogP contribution in [-0.4, -0.2) is 15.6 Å². The summed E-state index contributed by atoms with van der Waals surface area (Å²) < 4.78 is 0. The van der Waals surface area contributed by atoms with Crippen LogP contribution in [0.2, 0.25) is 0 Å². The summed E-state index contributed by atoms with van der Waals surface area (Å²) in [5.74, 6) is 0.245. The van der Waals surface area contributed by atoms with E-state index in [0.29, 0.717) is 0 Å². The third-order valence-corrected chi connectivity index (χ3v) is 3.33. The number of benzene rings is 1. The van der Waals surface area contributed by atoms with Gasteiger partial charge in [-0.05, 0) is 25.0 Å². The van der Waals surface area contributed by atoms with Crippen LogP contribution in [0.4, 0.5) is 17.1 Å². The van der Waals surface area contributed by atoms with Crippen LogP contribution in [0.15, 0.2) is 34.9 Å². The van der Waals surface area contributed by atoms with Crippen molar-refractivity contribution >= 4 is 22.8 Å². The monoisotopic (exact) mass is 290 g/mol. The molecular formula is C13H14N4O4. The number of non-ortho nitro benzene ring substituents is 1. The van der Waals surface area contributed by atoms with Crippen molar-refractivity contribution in [2.24, 2.45) is 11.0 Å². The fraction of sp³-hybridized carbons (Fsp3) is 0.308. The molecule has 0 aromatic heterocycles. The van der Waals surface area contributed by atoms with Gasteiger partial charge in [0.05, 0.1) is 21.6 Å². The molecule has 1 aliphatic carbocycles. The summed E-state index contributed by atoms with van der Waals surface area (Å²) in [5, 5.41) is 25.9. The fourth-order valence-electron chi connectivity index (χ4n) is 2.16. The van der Waals surface area contributed by atoms with Crippen molar-refractivity contribution in [1.29, 1.82) is 0 Å². The molecule has 0 radical (unpaired) electrons. The Morgan fingerprint density at radius 2 is 2.00 bits per heavy atom. The molecule has 0 spiro atoms. The Kier molecular flexibility index (Phi) is 3.97. The molecule has 21 heavy (non-hydrogen) atoms. The van der Waals surface area contributed by atoms with Crippen LogP contribution in [0.3, 0.4) is 0 Å². The van der Waals surface area contributed by atoms with Crippen LogP contribution in [0.5, 0.6) is 0 Å². The van der Waals surface area contributed by atoms with Crippen LogP contribution < -0.4 is 5.43 Å². The van der Waals surface area contributed by atoms with Gasteiger partial charge in [0.2, 0.25) is 0 Å². The summed E-state index contributed by atoms with van der Waals surface area (Å²) in [6.45, 7) is 3.94. The van der Waals surface area contributed by atoms with Gasteiger partial charge in [0.1, 0.15) is 5.69 Å². The molecule has 0 aliphatic heterocycles. The summed E-state index contributed by atoms with van der Waals surface area (Å²) in [6.07, 6.45) is 2.93. The second-order valence-corrected chi connectivity index (χ2v) is 4.85. The molecule has 1 N–H and O–H groups in total. The number of nitro groups is 2. The van der Waals surface area contributed by atoms with Crippen molar-refractivity contribution in [3.8, 4) is 0 Å². The van der Waals surface area contributed by atoms with Crippen molar-refractivity contribution < 1.29 is 9.85 Å². The second kappa shape index (κ2) is 5.70. The maximum atomic E-state index is 11.0. The third kappa shape index (κ3) is 3.04. The Labute approximate surface area is 120 Å². The van der Waals surface area contributed by atoms with Gasteiger partial charge in [-0.25, -0.2) is 0 Å². The first-order valence-corrected chi connectivity index (χ1v) is 6.33. The van der Waals surface area contributed by atoms with Crippen molar-refractivity contribution in [2.45, 2.75) is 20.3 Å². The molecule has 8 heteroatoms. The van der Waals surface area contributed by atoms with Gasteiger partial charge in [-0.1, -0.05) is 13.0 Å². The Morgan fingerprint density at radius 1 is 1.29 bits per heavy atom. The molecule has 1 aliphatic rings. The van der Waals surface area contributed by atoms with Crippen molar-refractivity contribution in [3.05, 3.63) is 50.1 Å². The highest BCUT2D eigenvalue weighted by Gasteiger charge is 2.21. The number of hydrogen-bond donors (Lipinski definition) is 1. The standard InChI is InChI=1S/C13H14N4O4/c1-8-3-4-9(2)13(8)15-14-11-6-5-10(16(18)19)7-12(11)17(20)21/h3,5-7,9,14H,4H2,1-2H3/b15-13-/t9-/m1/s1. The number of nitrogens with zero attached hydrogens (tertiary/aromatic N) is 3. The first-order valence-electron chi connectivity index (χ1n) is 6.33. The summed E-state index contributed by atoms with van der Waals surface area (Å²) in [6, 6.07) is 3.42. The van der Waals surface area contributed by atoms with E-state index in [1.165, 1.54) is 12.1 Å². The highest BCUT2D eigenvalue weighted by atomic mass is 16.6. The Morgan fingerprint density at radius 3 is 2.52 bits per heavy atom. The second-order valence-electron chi connectivity index (χ2n) is 4.85. The van der Waals surface area contributed by atoms with Crippen LogP contribution in [-0.2, 0) is 0 Å². The lowest BCUT2D eigenvalue weighted by atomic mass is 10.1. The maximum Gasteiger partial charge on any atom is 0.301 e. The SMILES string of the molecule is CC1=CC[C@@H](C)/C1=N\Nc1ccc([N+](=O)[O-])cc1[N+](=O)[O-]. The van der Waals surface area contributed by atoms with Crippen molar-refractivity contribution in [3.63, 3.8) is 0 Å². The van der Waals surface area contributed by atoms with E-state index < -0.39 is 9.85 Å². The number of allylic oxidation sites excluding steroid dienone is 2. The highest BCUT2D eigenvalue weighted by molar-refractivity contribution is 6.03. The maximum absolute atomic E-state index is 11.0. The smallest absolute Gasteiger partial charge is 0.271 e. The minimum absolute atomic E-state index is 0.130. The van der Waals surface area contributed by atoms with E-state index in [-0.39, 0.29) is 23.0 Å². The topological polar surface area (TPSA) is 111 Å². The Bertz CT molecular complexity index is 666. The highest BCUT2D eigenvalue weighted by Crippen LogP contribution is 2.29. The van der Waals surface area contributed by atoms with E-state index >= 15 is 0 Å². The first-order chi connectivity index (χ1) is 9.90. The molecule has 1 atom stereocenters. The first kappa shape index (κ1) is 14.6. The molecule has 0 saturated heterocycles. The van der Waals surface area contributed by atoms with Gasteiger partial charge in [0.15, 0.2) is 0 Å². The van der Waals surface area contributed by atoms with E-state index in [0.717, 1.165) is 23.8 Å². The summed E-state index contributed by atoms with van der Waals surface area (Å²) in [5.41, 5.74) is 3.94. The summed E-state index contributed by atoms with van der Waals surface area (Å²) in [4.78, 5) is 20.3. The fourth-order valence-corrected chi connectivity index (χ4v) is 2.16. The lowest BCUT2D eigenvalue weighted by Gasteiger charge is -2.07. The molecule has 1 aromatic carbocycles. The number of nitrogens with one attached hydrogen (secondary N) is 1. The van der Waals surface area contributed by atoms with Gasteiger partial charge < -0.3 is 0 Å². The summed E-state index contributed by atoms with van der Waals surface area (Å²) >= 11 is 0. The molecule has 0 fully saturated rings. The van der Waals surface area contributed by atoms with Crippen molar-refractivity contribution in [2.75, 3.05) is 5.43 Å². The van der Waals surface area contributed by atoms with Gasteiger partial charge in [-0.15, -0.1) is 0 Å². The number of anilines is 1. The molecule has 0 amide bonds. The lowest BCUT2D eigenvalue weighted by Crippen LogP contribution is -2.09. The van der Waals surface area contributed by atoms with Gasteiger partial charge in [-0.2, -0.15) is 5.10 Å².